The third kappa shape index (κ3) is 3.09. The van der Waals surface area contributed by atoms with Crippen molar-refractivity contribution in [2.24, 2.45) is 0 Å². The highest BCUT2D eigenvalue weighted by atomic mass is 32.1. The molecule has 0 saturated carbocycles. The van der Waals surface area contributed by atoms with Gasteiger partial charge in [0.15, 0.2) is 0 Å². The Balaban J connectivity index is 2.23. The normalized spacial score (nSPS) is 14.5. The molecule has 0 spiro atoms. The second kappa shape index (κ2) is 6.19. The molecule has 0 atom stereocenters. The van der Waals surface area contributed by atoms with Crippen LogP contribution in [0.5, 0.6) is 0 Å². The molecule has 1 aliphatic rings. The average molecular weight is 304 g/mol. The fraction of sp³-hybridized carbons (Fsp3) is 0.231. The number of nitriles is 1. The smallest absolute Gasteiger partial charge is 0.344 e. The van der Waals surface area contributed by atoms with E-state index in [1.807, 2.05) is 6.07 Å². The Morgan fingerprint density at radius 1 is 1.67 bits per heavy atom. The fourth-order valence-corrected chi connectivity index (χ4v) is 2.07. The number of nitrogens with zero attached hydrogens (tertiary/aromatic N) is 3. The van der Waals surface area contributed by atoms with Crippen molar-refractivity contribution < 1.29 is 14.6 Å². The lowest BCUT2D eigenvalue weighted by molar-refractivity contribution is -0.138. The molecule has 21 heavy (non-hydrogen) atoms. The summed E-state index contributed by atoms with van der Waals surface area (Å²) in [6.45, 7) is 1.90. The predicted octanol–water partition coefficient (Wildman–Crippen LogP) is 0.980. The Morgan fingerprint density at radius 2 is 2.43 bits per heavy atom. The van der Waals surface area contributed by atoms with Gasteiger partial charge in [0.1, 0.15) is 28.1 Å². The minimum Gasteiger partial charge on any atom is -0.509 e. The van der Waals surface area contributed by atoms with Crippen LogP contribution in [0.25, 0.3) is 0 Å². The number of ether oxygens (including phenoxy) is 1. The van der Waals surface area contributed by atoms with Crippen molar-refractivity contribution in [1.82, 2.24) is 10.4 Å². The highest BCUT2D eigenvalue weighted by Gasteiger charge is 2.28. The number of hydrogen-bond donors (Lipinski definition) is 2. The molecule has 0 aromatic carbocycles. The zero-order chi connectivity index (χ0) is 15.4. The maximum Gasteiger partial charge on any atom is 0.344 e. The summed E-state index contributed by atoms with van der Waals surface area (Å²) >= 11 is 5.08. The van der Waals surface area contributed by atoms with Crippen molar-refractivity contribution in [2.75, 3.05) is 18.2 Å². The van der Waals surface area contributed by atoms with Crippen LogP contribution in [0, 0.1) is 11.3 Å². The SMILES string of the molecule is CCOC(=O)C1=C(O)CN(c2ccc(C#N)nc2)NC1=S. The number of pyridine rings is 1. The molecule has 0 unspecified atom stereocenters. The van der Waals surface area contributed by atoms with E-state index >= 15 is 0 Å². The van der Waals surface area contributed by atoms with E-state index in [2.05, 4.69) is 10.4 Å². The van der Waals surface area contributed by atoms with E-state index in [9.17, 15) is 9.90 Å². The van der Waals surface area contributed by atoms with Crippen LogP contribution < -0.4 is 10.4 Å². The zero-order valence-corrected chi connectivity index (χ0v) is 12.0. The number of thiocarbonyl (C=S) groups is 1. The van der Waals surface area contributed by atoms with E-state index in [1.165, 1.54) is 11.2 Å². The first kappa shape index (κ1) is 14.7. The minimum absolute atomic E-state index is 0.0296. The number of aliphatic hydroxyl groups excluding tert-OH is 1. The average Bonchev–Trinajstić information content (AvgIpc) is 2.47. The molecule has 1 aliphatic heterocycles. The van der Waals surface area contributed by atoms with Crippen molar-refractivity contribution in [3.63, 3.8) is 0 Å². The number of hydrogen-bond acceptors (Lipinski definition) is 7. The summed E-state index contributed by atoms with van der Waals surface area (Å²) in [4.78, 5) is 15.7. The molecular weight excluding hydrogens is 292 g/mol. The van der Waals surface area contributed by atoms with E-state index in [4.69, 9.17) is 22.2 Å². The molecule has 2 heterocycles. The largest absolute Gasteiger partial charge is 0.509 e. The Morgan fingerprint density at radius 3 is 2.95 bits per heavy atom. The molecule has 0 bridgehead atoms. The lowest BCUT2D eigenvalue weighted by Gasteiger charge is -2.31. The van der Waals surface area contributed by atoms with Crippen LogP contribution in [-0.4, -0.2) is 34.2 Å². The standard InChI is InChI=1S/C13H12N4O3S/c1-2-20-13(19)11-10(18)7-17(16-12(11)21)9-4-3-8(5-14)15-6-9/h3-4,6,18H,2,7H2,1H3,(H,16,21). The van der Waals surface area contributed by atoms with Crippen molar-refractivity contribution in [2.45, 2.75) is 6.92 Å². The number of anilines is 1. The molecule has 1 aromatic heterocycles. The summed E-state index contributed by atoms with van der Waals surface area (Å²) in [6.07, 6.45) is 1.47. The summed E-state index contributed by atoms with van der Waals surface area (Å²) < 4.78 is 4.84. The molecule has 0 radical (unpaired) electrons. The zero-order valence-electron chi connectivity index (χ0n) is 11.2. The topological polar surface area (TPSA) is 98.5 Å². The highest BCUT2D eigenvalue weighted by molar-refractivity contribution is 7.80. The van der Waals surface area contributed by atoms with E-state index in [0.29, 0.717) is 5.69 Å². The van der Waals surface area contributed by atoms with Gasteiger partial charge in [-0.1, -0.05) is 12.2 Å². The lowest BCUT2D eigenvalue weighted by Crippen LogP contribution is -2.49. The number of aromatic nitrogens is 1. The molecular formula is C13H12N4O3S. The molecule has 1 aromatic rings. The summed E-state index contributed by atoms with van der Waals surface area (Å²) in [5, 5.41) is 20.2. The highest BCUT2D eigenvalue weighted by Crippen LogP contribution is 2.19. The van der Waals surface area contributed by atoms with Crippen molar-refractivity contribution in [1.29, 1.82) is 5.26 Å². The van der Waals surface area contributed by atoms with E-state index < -0.39 is 5.97 Å². The summed E-state index contributed by atoms with van der Waals surface area (Å²) in [5.41, 5.74) is 3.66. The monoisotopic (exact) mass is 304 g/mol. The number of aliphatic hydroxyl groups is 1. The van der Waals surface area contributed by atoms with Gasteiger partial charge in [0.25, 0.3) is 0 Å². The molecule has 0 aliphatic carbocycles. The van der Waals surface area contributed by atoms with Crippen LogP contribution >= 0.6 is 12.2 Å². The van der Waals surface area contributed by atoms with E-state index in [1.54, 1.807) is 19.1 Å². The van der Waals surface area contributed by atoms with Crippen LogP contribution in [0.3, 0.4) is 0 Å². The van der Waals surface area contributed by atoms with Gasteiger partial charge < -0.3 is 9.84 Å². The molecule has 2 N–H and O–H groups in total. The summed E-state index contributed by atoms with van der Waals surface area (Å²) in [5.74, 6) is -0.841. The van der Waals surface area contributed by atoms with Crippen molar-refractivity contribution >= 4 is 28.9 Å². The Bertz CT molecular complexity index is 648. The molecule has 7 nitrogen and oxygen atoms in total. The molecule has 8 heteroatoms. The number of hydrazine groups is 1. The molecule has 0 saturated heterocycles. The Labute approximate surface area is 126 Å². The molecule has 0 fully saturated rings. The van der Waals surface area contributed by atoms with Gasteiger partial charge in [-0.2, -0.15) is 5.26 Å². The second-order valence-electron chi connectivity index (χ2n) is 4.08. The van der Waals surface area contributed by atoms with Gasteiger partial charge >= 0.3 is 5.97 Å². The number of rotatable bonds is 3. The lowest BCUT2D eigenvalue weighted by atomic mass is 10.2. The van der Waals surface area contributed by atoms with Crippen LogP contribution in [-0.2, 0) is 9.53 Å². The van der Waals surface area contributed by atoms with Gasteiger partial charge in [-0.05, 0) is 19.1 Å². The third-order valence-corrected chi connectivity index (χ3v) is 3.01. The third-order valence-electron chi connectivity index (χ3n) is 2.71. The number of esters is 1. The first-order valence-corrected chi connectivity index (χ1v) is 6.51. The summed E-state index contributed by atoms with van der Waals surface area (Å²) in [7, 11) is 0. The molecule has 2 rings (SSSR count). The first-order valence-electron chi connectivity index (χ1n) is 6.10. The van der Waals surface area contributed by atoms with Gasteiger partial charge in [0.2, 0.25) is 0 Å². The maximum atomic E-state index is 11.7. The first-order chi connectivity index (χ1) is 10.1. The van der Waals surface area contributed by atoms with Crippen molar-refractivity contribution in [3.05, 3.63) is 35.4 Å². The minimum atomic E-state index is -0.662. The van der Waals surface area contributed by atoms with Crippen LogP contribution in [0.15, 0.2) is 29.7 Å². The molecule has 0 amide bonds. The van der Waals surface area contributed by atoms with Gasteiger partial charge in [-0.3, -0.25) is 10.4 Å². The number of carbonyl (C=O) groups is 1. The van der Waals surface area contributed by atoms with Crippen molar-refractivity contribution in [3.8, 4) is 6.07 Å². The quantitative estimate of drug-likeness (QED) is 0.630. The van der Waals surface area contributed by atoms with Gasteiger partial charge in [-0.15, -0.1) is 0 Å². The van der Waals surface area contributed by atoms with Gasteiger partial charge in [0.05, 0.1) is 25.0 Å². The predicted molar refractivity (Wildman–Crippen MR) is 78.3 cm³/mol. The van der Waals surface area contributed by atoms with E-state index in [0.717, 1.165) is 0 Å². The van der Waals surface area contributed by atoms with Gasteiger partial charge in [0, 0.05) is 0 Å². The van der Waals surface area contributed by atoms with E-state index in [-0.39, 0.29) is 35.2 Å². The Hall–Kier alpha value is -2.66. The number of nitrogens with one attached hydrogen (secondary N) is 1. The number of carbonyl (C=O) groups excluding carboxylic acids is 1. The van der Waals surface area contributed by atoms with Crippen LogP contribution in [0.4, 0.5) is 5.69 Å². The van der Waals surface area contributed by atoms with Crippen LogP contribution in [0.1, 0.15) is 12.6 Å². The molecule has 108 valence electrons. The van der Waals surface area contributed by atoms with Crippen LogP contribution in [0.2, 0.25) is 0 Å². The second-order valence-corrected chi connectivity index (χ2v) is 4.49. The van der Waals surface area contributed by atoms with Gasteiger partial charge in [-0.25, -0.2) is 9.78 Å². The fourth-order valence-electron chi connectivity index (χ4n) is 1.76. The maximum absolute atomic E-state index is 11.7. The summed E-state index contributed by atoms with van der Waals surface area (Å²) in [6, 6.07) is 5.11. The Kier molecular flexibility index (Phi) is 4.35.